The number of thiophene rings is 1. The largest absolute Gasteiger partial charge is 0.493 e. The Morgan fingerprint density at radius 1 is 1.12 bits per heavy atom. The minimum atomic E-state index is 0.196. The average molecular weight is 467 g/mol. The molecule has 1 aliphatic heterocycles. The Bertz CT molecular complexity index is 1110. The minimum absolute atomic E-state index is 0.196. The SMILES string of the molecule is COc1cc2c(cc1OC)CC(=O)N(CCCN(C)C(C)Cc1csc3ccccc13)CC2. The van der Waals surface area contributed by atoms with Gasteiger partial charge in [0.15, 0.2) is 11.5 Å². The summed E-state index contributed by atoms with van der Waals surface area (Å²) in [6.45, 7) is 4.81. The van der Waals surface area contributed by atoms with E-state index >= 15 is 0 Å². The highest BCUT2D eigenvalue weighted by Gasteiger charge is 2.23. The van der Waals surface area contributed by atoms with Gasteiger partial charge in [0.25, 0.3) is 0 Å². The molecule has 2 heterocycles. The van der Waals surface area contributed by atoms with Crippen molar-refractivity contribution in [2.75, 3.05) is 40.9 Å². The van der Waals surface area contributed by atoms with Gasteiger partial charge >= 0.3 is 0 Å². The fraction of sp³-hybridized carbons (Fsp3) is 0.444. The van der Waals surface area contributed by atoms with Gasteiger partial charge in [0.2, 0.25) is 5.91 Å². The summed E-state index contributed by atoms with van der Waals surface area (Å²) in [6, 6.07) is 13.1. The molecule has 6 heteroatoms. The molecular weight excluding hydrogens is 432 g/mol. The molecule has 0 aliphatic carbocycles. The molecule has 0 radical (unpaired) electrons. The van der Waals surface area contributed by atoms with Crippen LogP contribution in [0.3, 0.4) is 0 Å². The summed E-state index contributed by atoms with van der Waals surface area (Å²) in [5.74, 6) is 1.61. The molecule has 1 aromatic heterocycles. The van der Waals surface area contributed by atoms with Crippen LogP contribution >= 0.6 is 11.3 Å². The van der Waals surface area contributed by atoms with Crippen molar-refractivity contribution in [3.05, 3.63) is 58.5 Å². The highest BCUT2D eigenvalue weighted by molar-refractivity contribution is 7.17. The Hall–Kier alpha value is -2.57. The van der Waals surface area contributed by atoms with Crippen molar-refractivity contribution >= 4 is 27.3 Å². The van der Waals surface area contributed by atoms with Gasteiger partial charge in [0.1, 0.15) is 0 Å². The van der Waals surface area contributed by atoms with Gasteiger partial charge in [-0.2, -0.15) is 0 Å². The lowest BCUT2D eigenvalue weighted by Gasteiger charge is -2.27. The Balaban J connectivity index is 1.30. The summed E-state index contributed by atoms with van der Waals surface area (Å²) in [7, 11) is 5.47. The van der Waals surface area contributed by atoms with E-state index in [1.54, 1.807) is 14.2 Å². The average Bonchev–Trinajstić information content (AvgIpc) is 3.16. The molecule has 0 saturated carbocycles. The zero-order chi connectivity index (χ0) is 23.4. The maximum atomic E-state index is 12.9. The van der Waals surface area contributed by atoms with Crippen LogP contribution in [-0.2, 0) is 24.1 Å². The van der Waals surface area contributed by atoms with E-state index in [0.717, 1.165) is 50.2 Å². The van der Waals surface area contributed by atoms with Crippen molar-refractivity contribution in [1.82, 2.24) is 9.80 Å². The van der Waals surface area contributed by atoms with Gasteiger partial charge in [-0.05, 0) is 85.4 Å². The highest BCUT2D eigenvalue weighted by atomic mass is 32.1. The van der Waals surface area contributed by atoms with Crippen molar-refractivity contribution in [2.45, 2.75) is 38.6 Å². The van der Waals surface area contributed by atoms with Crippen molar-refractivity contribution in [1.29, 1.82) is 0 Å². The molecule has 1 aliphatic rings. The first-order valence-electron chi connectivity index (χ1n) is 11.7. The van der Waals surface area contributed by atoms with E-state index in [4.69, 9.17) is 9.47 Å². The molecule has 0 fully saturated rings. The smallest absolute Gasteiger partial charge is 0.227 e. The van der Waals surface area contributed by atoms with Gasteiger partial charge < -0.3 is 19.3 Å². The molecule has 1 unspecified atom stereocenters. The Kier molecular flexibility index (Phi) is 7.56. The predicted molar refractivity (Wildman–Crippen MR) is 136 cm³/mol. The number of methoxy groups -OCH3 is 2. The van der Waals surface area contributed by atoms with Crippen molar-refractivity contribution in [3.63, 3.8) is 0 Å². The topological polar surface area (TPSA) is 42.0 Å². The van der Waals surface area contributed by atoms with Crippen LogP contribution in [-0.4, -0.2) is 62.7 Å². The van der Waals surface area contributed by atoms with Crippen molar-refractivity contribution in [2.24, 2.45) is 0 Å². The third kappa shape index (κ3) is 5.33. The number of amides is 1. The zero-order valence-corrected chi connectivity index (χ0v) is 20.9. The monoisotopic (exact) mass is 466 g/mol. The number of hydrogen-bond acceptors (Lipinski definition) is 5. The van der Waals surface area contributed by atoms with Crippen LogP contribution in [0, 0.1) is 0 Å². The molecule has 1 atom stereocenters. The van der Waals surface area contributed by atoms with Crippen LogP contribution in [0.5, 0.6) is 11.5 Å². The molecule has 176 valence electrons. The summed E-state index contributed by atoms with van der Waals surface area (Å²) in [6.07, 6.45) is 3.29. The molecule has 4 rings (SSSR count). The lowest BCUT2D eigenvalue weighted by Crippen LogP contribution is -2.37. The summed E-state index contributed by atoms with van der Waals surface area (Å²) < 4.78 is 12.2. The van der Waals surface area contributed by atoms with Crippen LogP contribution in [0.2, 0.25) is 0 Å². The van der Waals surface area contributed by atoms with E-state index < -0.39 is 0 Å². The van der Waals surface area contributed by atoms with Crippen LogP contribution in [0.15, 0.2) is 41.8 Å². The summed E-state index contributed by atoms with van der Waals surface area (Å²) in [5.41, 5.74) is 3.66. The molecule has 5 nitrogen and oxygen atoms in total. The van der Waals surface area contributed by atoms with E-state index in [1.807, 2.05) is 28.4 Å². The first-order valence-corrected chi connectivity index (χ1v) is 12.5. The Morgan fingerprint density at radius 2 is 1.85 bits per heavy atom. The number of hydrogen-bond donors (Lipinski definition) is 0. The third-order valence-electron chi connectivity index (χ3n) is 6.82. The van der Waals surface area contributed by atoms with Gasteiger partial charge in [-0.15, -0.1) is 11.3 Å². The Morgan fingerprint density at radius 3 is 2.61 bits per heavy atom. The second-order valence-corrected chi connectivity index (χ2v) is 9.84. The van der Waals surface area contributed by atoms with Crippen molar-refractivity contribution < 1.29 is 14.3 Å². The number of likely N-dealkylation sites (N-methyl/N-ethyl adjacent to an activating group) is 1. The second kappa shape index (κ2) is 10.6. The number of fused-ring (bicyclic) bond motifs is 2. The molecule has 0 N–H and O–H groups in total. The normalized spacial score (nSPS) is 14.9. The number of carbonyl (C=O) groups is 1. The predicted octanol–water partition coefficient (Wildman–Crippen LogP) is 4.80. The maximum absolute atomic E-state index is 12.9. The highest BCUT2D eigenvalue weighted by Crippen LogP contribution is 2.32. The van der Waals surface area contributed by atoms with Gasteiger partial charge in [0.05, 0.1) is 20.6 Å². The van der Waals surface area contributed by atoms with Crippen LogP contribution < -0.4 is 9.47 Å². The van der Waals surface area contributed by atoms with E-state index in [2.05, 4.69) is 48.5 Å². The molecule has 1 amide bonds. The molecule has 0 spiro atoms. The molecule has 3 aromatic rings. The van der Waals surface area contributed by atoms with Crippen LogP contribution in [0.4, 0.5) is 0 Å². The Labute approximate surface area is 200 Å². The first-order chi connectivity index (χ1) is 16.0. The van der Waals surface area contributed by atoms with E-state index in [1.165, 1.54) is 21.2 Å². The molecular formula is C27H34N2O3S. The second-order valence-electron chi connectivity index (χ2n) is 8.93. The van der Waals surface area contributed by atoms with E-state index in [9.17, 15) is 4.79 Å². The fourth-order valence-corrected chi connectivity index (χ4v) is 5.62. The molecule has 0 bridgehead atoms. The quantitative estimate of drug-likeness (QED) is 0.454. The van der Waals surface area contributed by atoms with Gasteiger partial charge in [-0.1, -0.05) is 18.2 Å². The molecule has 0 saturated heterocycles. The standard InChI is InChI=1S/C27H34N2O3S/c1-19(14-22-18-33-26-9-6-5-8-23(22)26)28(2)11-7-12-29-13-10-20-15-24(31-3)25(32-4)16-21(20)17-27(29)30/h5-6,8-9,15-16,18-19H,7,10-14,17H2,1-4H3. The maximum Gasteiger partial charge on any atom is 0.227 e. The fourth-order valence-electron chi connectivity index (χ4n) is 4.65. The van der Waals surface area contributed by atoms with Gasteiger partial charge in [-0.25, -0.2) is 0 Å². The minimum Gasteiger partial charge on any atom is -0.493 e. The van der Waals surface area contributed by atoms with Crippen molar-refractivity contribution in [3.8, 4) is 11.5 Å². The first kappa shape index (κ1) is 23.6. The lowest BCUT2D eigenvalue weighted by atomic mass is 10.0. The van der Waals surface area contributed by atoms with Crippen LogP contribution in [0.25, 0.3) is 10.1 Å². The molecule has 2 aromatic carbocycles. The number of benzene rings is 2. The summed E-state index contributed by atoms with van der Waals surface area (Å²) in [4.78, 5) is 17.4. The summed E-state index contributed by atoms with van der Waals surface area (Å²) in [5, 5.41) is 3.68. The van der Waals surface area contributed by atoms with E-state index in [-0.39, 0.29) is 5.91 Å². The number of nitrogens with zero attached hydrogens (tertiary/aromatic N) is 2. The number of carbonyl (C=O) groups excluding carboxylic acids is 1. The van der Waals surface area contributed by atoms with Gasteiger partial charge in [0, 0.05) is 23.8 Å². The summed E-state index contributed by atoms with van der Waals surface area (Å²) >= 11 is 1.83. The lowest BCUT2D eigenvalue weighted by molar-refractivity contribution is -0.130. The third-order valence-corrected chi connectivity index (χ3v) is 7.83. The molecule has 33 heavy (non-hydrogen) atoms. The number of ether oxygens (including phenoxy) is 2. The zero-order valence-electron chi connectivity index (χ0n) is 20.1. The van der Waals surface area contributed by atoms with Gasteiger partial charge in [-0.3, -0.25) is 4.79 Å². The van der Waals surface area contributed by atoms with Crippen LogP contribution in [0.1, 0.15) is 30.0 Å². The van der Waals surface area contributed by atoms with E-state index in [0.29, 0.717) is 18.2 Å². The number of rotatable bonds is 9.